The Kier molecular flexibility index (Phi) is 9.69. The van der Waals surface area contributed by atoms with Gasteiger partial charge in [0.25, 0.3) is 5.91 Å². The molecule has 0 aromatic heterocycles. The van der Waals surface area contributed by atoms with E-state index in [1.165, 1.54) is 12.2 Å². The fourth-order valence-corrected chi connectivity index (χ4v) is 3.41. The molecule has 0 fully saturated rings. The molecule has 0 radical (unpaired) electrons. The van der Waals surface area contributed by atoms with Crippen LogP contribution in [0.2, 0.25) is 5.02 Å². The molecule has 2 amide bonds. The molecular formula is C24H19ClF10N2O2. The van der Waals surface area contributed by atoms with Gasteiger partial charge < -0.3 is 10.6 Å². The van der Waals surface area contributed by atoms with Gasteiger partial charge in [-0.05, 0) is 49.2 Å². The molecule has 0 saturated carbocycles. The molecule has 214 valence electrons. The first-order valence-electron chi connectivity index (χ1n) is 10.8. The van der Waals surface area contributed by atoms with E-state index < -0.39 is 76.9 Å². The zero-order chi connectivity index (χ0) is 29.9. The second-order valence-electron chi connectivity index (χ2n) is 8.33. The van der Waals surface area contributed by atoms with Crippen LogP contribution in [-0.4, -0.2) is 36.8 Å². The molecule has 0 spiro atoms. The van der Waals surface area contributed by atoms with E-state index in [-0.39, 0.29) is 22.7 Å². The standard InChI is InChI=1S/C24H19ClF10N2O2/c1-11-7-13(4-6-18(11)25)16(23(30,31)32)9-19(26)14-3-5-15(17(8-14)24(33,34)35)21(39)37-12(2)20(38)36-10-22(27,28)29/h3-9,12,16H,10H2,1-2H3,(H,36,38)(H,37,39)/b19-9-/t12-,16?/m1/s1. The lowest BCUT2D eigenvalue weighted by Gasteiger charge is -2.19. The second-order valence-corrected chi connectivity index (χ2v) is 8.74. The van der Waals surface area contributed by atoms with Crippen LogP contribution in [0.15, 0.2) is 42.5 Å². The third-order valence-electron chi connectivity index (χ3n) is 5.26. The third-order valence-corrected chi connectivity index (χ3v) is 5.68. The van der Waals surface area contributed by atoms with Gasteiger partial charge in [0.15, 0.2) is 0 Å². The topological polar surface area (TPSA) is 58.2 Å². The summed E-state index contributed by atoms with van der Waals surface area (Å²) in [5, 5.41) is 3.37. The second kappa shape index (κ2) is 11.8. The van der Waals surface area contributed by atoms with Crippen LogP contribution in [0.5, 0.6) is 0 Å². The van der Waals surface area contributed by atoms with E-state index in [1.54, 1.807) is 5.32 Å². The van der Waals surface area contributed by atoms with Crippen molar-refractivity contribution >= 4 is 29.2 Å². The van der Waals surface area contributed by atoms with E-state index in [0.717, 1.165) is 25.1 Å². The number of allylic oxidation sites excluding steroid dienone is 1. The number of carbonyl (C=O) groups is 2. The van der Waals surface area contributed by atoms with Crippen molar-refractivity contribution in [3.8, 4) is 0 Å². The molecular weight excluding hydrogens is 574 g/mol. The Morgan fingerprint density at radius 3 is 2.10 bits per heavy atom. The summed E-state index contributed by atoms with van der Waals surface area (Å²) < 4.78 is 134. The highest BCUT2D eigenvalue weighted by molar-refractivity contribution is 6.31. The quantitative estimate of drug-likeness (QED) is 0.337. The Bertz CT molecular complexity index is 1250. The van der Waals surface area contributed by atoms with E-state index in [1.807, 2.05) is 0 Å². The number of halogens is 11. The van der Waals surface area contributed by atoms with Gasteiger partial charge in [0, 0.05) is 10.6 Å². The van der Waals surface area contributed by atoms with Gasteiger partial charge in [0.05, 0.1) is 11.1 Å². The molecule has 2 aromatic rings. The van der Waals surface area contributed by atoms with Crippen molar-refractivity contribution in [2.45, 2.75) is 44.3 Å². The zero-order valence-corrected chi connectivity index (χ0v) is 20.6. The monoisotopic (exact) mass is 592 g/mol. The number of hydrogen-bond donors (Lipinski definition) is 2. The predicted molar refractivity (Wildman–Crippen MR) is 122 cm³/mol. The molecule has 0 aliphatic rings. The van der Waals surface area contributed by atoms with Gasteiger partial charge in [-0.1, -0.05) is 29.8 Å². The van der Waals surface area contributed by atoms with Crippen LogP contribution in [0.4, 0.5) is 43.9 Å². The van der Waals surface area contributed by atoms with Crippen molar-refractivity contribution in [2.24, 2.45) is 0 Å². The summed E-state index contributed by atoms with van der Waals surface area (Å²) >= 11 is 5.81. The van der Waals surface area contributed by atoms with Crippen molar-refractivity contribution in [2.75, 3.05) is 6.54 Å². The maximum Gasteiger partial charge on any atom is 0.417 e. The van der Waals surface area contributed by atoms with Crippen molar-refractivity contribution in [3.05, 3.63) is 75.3 Å². The van der Waals surface area contributed by atoms with Crippen LogP contribution in [0, 0.1) is 6.92 Å². The van der Waals surface area contributed by atoms with Crippen LogP contribution in [0.3, 0.4) is 0 Å². The lowest BCUT2D eigenvalue weighted by atomic mass is 9.94. The minimum atomic E-state index is -5.30. The first-order valence-corrected chi connectivity index (χ1v) is 11.2. The number of benzene rings is 2. The third kappa shape index (κ3) is 8.87. The fourth-order valence-electron chi connectivity index (χ4n) is 3.29. The van der Waals surface area contributed by atoms with Crippen LogP contribution in [0.25, 0.3) is 5.83 Å². The van der Waals surface area contributed by atoms with Crippen LogP contribution >= 0.6 is 11.6 Å². The van der Waals surface area contributed by atoms with Crippen LogP contribution < -0.4 is 10.6 Å². The van der Waals surface area contributed by atoms with E-state index in [0.29, 0.717) is 12.1 Å². The highest BCUT2D eigenvalue weighted by atomic mass is 35.5. The molecule has 2 aromatic carbocycles. The summed E-state index contributed by atoms with van der Waals surface area (Å²) in [7, 11) is 0. The summed E-state index contributed by atoms with van der Waals surface area (Å²) in [6.45, 7) is 0.553. The number of carbonyl (C=O) groups excluding carboxylic acids is 2. The van der Waals surface area contributed by atoms with Gasteiger partial charge >= 0.3 is 18.5 Å². The average molecular weight is 593 g/mol. The van der Waals surface area contributed by atoms with Gasteiger partial charge in [-0.15, -0.1) is 0 Å². The SMILES string of the molecule is Cc1cc(C(/C=C(\F)c2ccc(C(=O)N[C@H](C)C(=O)NCC(F)(F)F)c(C(F)(F)F)c2)C(F)(F)F)ccc1Cl. The summed E-state index contributed by atoms with van der Waals surface area (Å²) in [6.07, 6.45) is -15.0. The molecule has 39 heavy (non-hydrogen) atoms. The Hall–Kier alpha value is -3.29. The minimum Gasteiger partial charge on any atom is -0.345 e. The molecule has 0 aliphatic heterocycles. The lowest BCUT2D eigenvalue weighted by molar-refractivity contribution is -0.140. The first-order chi connectivity index (χ1) is 17.7. The summed E-state index contributed by atoms with van der Waals surface area (Å²) in [6, 6.07) is 2.67. The molecule has 0 heterocycles. The Labute approximate surface area is 220 Å². The highest BCUT2D eigenvalue weighted by Crippen LogP contribution is 2.40. The van der Waals surface area contributed by atoms with E-state index in [9.17, 15) is 53.5 Å². The predicted octanol–water partition coefficient (Wildman–Crippen LogP) is 7.12. The summed E-state index contributed by atoms with van der Waals surface area (Å²) in [5.74, 6) is -7.13. The van der Waals surface area contributed by atoms with Crippen LogP contribution in [0.1, 0.15) is 45.5 Å². The number of amides is 2. The smallest absolute Gasteiger partial charge is 0.345 e. The van der Waals surface area contributed by atoms with Crippen molar-refractivity contribution < 1.29 is 53.5 Å². The Morgan fingerprint density at radius 2 is 1.59 bits per heavy atom. The number of hydrogen-bond acceptors (Lipinski definition) is 2. The molecule has 2 atom stereocenters. The number of alkyl halides is 9. The van der Waals surface area contributed by atoms with Crippen LogP contribution in [-0.2, 0) is 11.0 Å². The largest absolute Gasteiger partial charge is 0.417 e. The van der Waals surface area contributed by atoms with Gasteiger partial charge in [0.1, 0.15) is 24.3 Å². The van der Waals surface area contributed by atoms with Gasteiger partial charge in [0.2, 0.25) is 5.91 Å². The molecule has 0 bridgehead atoms. The normalized spacial score (nSPS) is 14.5. The number of rotatable bonds is 7. The van der Waals surface area contributed by atoms with E-state index in [4.69, 9.17) is 11.6 Å². The summed E-state index contributed by atoms with van der Waals surface area (Å²) in [4.78, 5) is 24.1. The summed E-state index contributed by atoms with van der Waals surface area (Å²) in [5.41, 5.74) is -4.02. The number of nitrogens with one attached hydrogen (secondary N) is 2. The highest BCUT2D eigenvalue weighted by Gasteiger charge is 2.41. The fraction of sp³-hybridized carbons (Fsp3) is 0.333. The molecule has 4 nitrogen and oxygen atoms in total. The van der Waals surface area contributed by atoms with E-state index >= 15 is 0 Å². The van der Waals surface area contributed by atoms with Gasteiger partial charge in [-0.2, -0.15) is 39.5 Å². The average Bonchev–Trinajstić information content (AvgIpc) is 2.80. The molecule has 1 unspecified atom stereocenters. The van der Waals surface area contributed by atoms with E-state index in [2.05, 4.69) is 0 Å². The van der Waals surface area contributed by atoms with Crippen molar-refractivity contribution in [3.63, 3.8) is 0 Å². The minimum absolute atomic E-state index is 0.0744. The zero-order valence-electron chi connectivity index (χ0n) is 19.9. The first kappa shape index (κ1) is 31.9. The molecule has 0 aliphatic carbocycles. The molecule has 2 rings (SSSR count). The Morgan fingerprint density at radius 1 is 0.974 bits per heavy atom. The Balaban J connectivity index is 2.42. The lowest BCUT2D eigenvalue weighted by Crippen LogP contribution is -2.47. The molecule has 15 heteroatoms. The maximum atomic E-state index is 14.9. The van der Waals surface area contributed by atoms with Crippen molar-refractivity contribution in [1.82, 2.24) is 10.6 Å². The van der Waals surface area contributed by atoms with Gasteiger partial charge in [-0.3, -0.25) is 9.59 Å². The van der Waals surface area contributed by atoms with Crippen molar-refractivity contribution in [1.29, 1.82) is 0 Å². The molecule has 0 saturated heterocycles. The van der Waals surface area contributed by atoms with Gasteiger partial charge in [-0.25, -0.2) is 4.39 Å². The maximum absolute atomic E-state index is 14.9. The molecule has 2 N–H and O–H groups in total. The number of aryl methyl sites for hydroxylation is 1.